The largest absolute Gasteiger partial charge is 0.481 e. The number of rotatable bonds is 5. The molecule has 0 aliphatic rings. The number of carbonyl (C=O) groups excluding carboxylic acids is 1. The van der Waals surface area contributed by atoms with E-state index in [-0.39, 0.29) is 36.8 Å². The van der Waals surface area contributed by atoms with Crippen LogP contribution in [0.1, 0.15) is 0 Å². The highest BCUT2D eigenvalue weighted by Gasteiger charge is 2.15. The number of imidazole rings is 1. The molecule has 9 nitrogen and oxygen atoms in total. The van der Waals surface area contributed by atoms with E-state index in [1.165, 1.54) is 29.6 Å². The topological polar surface area (TPSA) is 100 Å². The summed E-state index contributed by atoms with van der Waals surface area (Å²) in [6.07, 6.45) is 1.36. The predicted octanol–water partition coefficient (Wildman–Crippen LogP) is 0.395. The van der Waals surface area contributed by atoms with Crippen molar-refractivity contribution in [1.82, 2.24) is 24.0 Å². The van der Waals surface area contributed by atoms with Gasteiger partial charge in [-0.3, -0.25) is 18.7 Å². The van der Waals surface area contributed by atoms with Crippen LogP contribution in [0.15, 0.2) is 44.7 Å². The van der Waals surface area contributed by atoms with E-state index < -0.39 is 11.2 Å². The molecule has 10 heteroatoms. The van der Waals surface area contributed by atoms with Crippen LogP contribution in [0.2, 0.25) is 0 Å². The Kier molecular flexibility index (Phi) is 6.19. The lowest BCUT2D eigenvalue weighted by atomic mass is 10.3. The number of aryl methyl sites for hydroxylation is 1. The normalized spacial score (nSPS) is 10.4. The molecule has 0 aliphatic carbocycles. The number of aromatic nitrogens is 4. The lowest BCUT2D eigenvalue weighted by molar-refractivity contribution is -0.121. The molecule has 0 saturated heterocycles. The Balaban J connectivity index is 1.57. The zero-order chi connectivity index (χ0) is 21.0. The fourth-order valence-electron chi connectivity index (χ4n) is 2.66. The summed E-state index contributed by atoms with van der Waals surface area (Å²) < 4.78 is 10.1. The summed E-state index contributed by atoms with van der Waals surface area (Å²) in [6.45, 7) is 0.229. The van der Waals surface area contributed by atoms with E-state index in [2.05, 4.69) is 38.1 Å². The molecule has 0 aliphatic heterocycles. The minimum Gasteiger partial charge on any atom is -0.481 e. The van der Waals surface area contributed by atoms with Gasteiger partial charge < -0.3 is 14.6 Å². The second kappa shape index (κ2) is 8.79. The molecule has 150 valence electrons. The van der Waals surface area contributed by atoms with Gasteiger partial charge in [0, 0.05) is 18.6 Å². The average Bonchev–Trinajstić information content (AvgIpc) is 3.11. The van der Waals surface area contributed by atoms with Crippen molar-refractivity contribution in [3.8, 4) is 17.6 Å². The standard InChI is InChI=1S/C19H18BrN5O4/c1-23-17-16(18(27)24(2)19(23)28)25(12-22-17)11-15(26)21-8-3-4-9-29-14-7-5-6-13(20)10-14/h5-7,10,12H,8-9,11H2,1-2H3,(H,21,26). The van der Waals surface area contributed by atoms with Crippen LogP contribution in [0.25, 0.3) is 11.2 Å². The number of hydrogen-bond donors (Lipinski definition) is 1. The van der Waals surface area contributed by atoms with Crippen molar-refractivity contribution in [2.45, 2.75) is 6.54 Å². The van der Waals surface area contributed by atoms with Gasteiger partial charge in [0.05, 0.1) is 12.9 Å². The van der Waals surface area contributed by atoms with E-state index in [4.69, 9.17) is 4.74 Å². The lowest BCUT2D eigenvalue weighted by Crippen LogP contribution is -2.38. The van der Waals surface area contributed by atoms with Crippen LogP contribution in [0.4, 0.5) is 0 Å². The van der Waals surface area contributed by atoms with Crippen molar-refractivity contribution >= 4 is 33.0 Å². The molecule has 0 atom stereocenters. The highest BCUT2D eigenvalue weighted by atomic mass is 79.9. The smallest absolute Gasteiger partial charge is 0.332 e. The number of ether oxygens (including phenoxy) is 1. The molecule has 0 fully saturated rings. The van der Waals surface area contributed by atoms with Crippen LogP contribution in [0, 0.1) is 11.8 Å². The maximum absolute atomic E-state index is 12.4. The lowest BCUT2D eigenvalue weighted by Gasteiger charge is -2.06. The first kappa shape index (κ1) is 20.4. The van der Waals surface area contributed by atoms with E-state index in [1.54, 1.807) is 0 Å². The van der Waals surface area contributed by atoms with Crippen LogP contribution in [-0.2, 0) is 25.4 Å². The van der Waals surface area contributed by atoms with E-state index in [0.717, 1.165) is 9.04 Å². The van der Waals surface area contributed by atoms with Gasteiger partial charge in [-0.2, -0.15) is 0 Å². The number of fused-ring (bicyclic) bond motifs is 1. The SMILES string of the molecule is Cn1c(=O)c2c(ncn2CC(=O)NCC#CCOc2cccc(Br)c2)n(C)c1=O. The summed E-state index contributed by atoms with van der Waals surface area (Å²) in [4.78, 5) is 40.5. The fraction of sp³-hybridized carbons (Fsp3) is 0.263. The molecule has 0 bridgehead atoms. The molecule has 3 aromatic rings. The predicted molar refractivity (Wildman–Crippen MR) is 111 cm³/mol. The number of hydrogen-bond acceptors (Lipinski definition) is 5. The maximum atomic E-state index is 12.4. The van der Waals surface area contributed by atoms with Crippen LogP contribution in [0.5, 0.6) is 5.75 Å². The molecular weight excluding hydrogens is 442 g/mol. The zero-order valence-corrected chi connectivity index (χ0v) is 17.4. The first-order valence-corrected chi connectivity index (χ1v) is 9.39. The third kappa shape index (κ3) is 4.57. The molecule has 0 spiro atoms. The number of amides is 1. The Hall–Kier alpha value is -3.32. The van der Waals surface area contributed by atoms with Crippen LogP contribution in [-0.4, -0.2) is 37.7 Å². The molecule has 0 saturated carbocycles. The molecule has 29 heavy (non-hydrogen) atoms. The van der Waals surface area contributed by atoms with Crippen molar-refractivity contribution in [2.75, 3.05) is 13.2 Å². The van der Waals surface area contributed by atoms with E-state index in [9.17, 15) is 14.4 Å². The Labute approximate surface area is 174 Å². The van der Waals surface area contributed by atoms with Gasteiger partial charge in [0.1, 0.15) is 18.9 Å². The summed E-state index contributed by atoms with van der Waals surface area (Å²) in [5.41, 5.74) is -0.552. The van der Waals surface area contributed by atoms with Gasteiger partial charge in [0.25, 0.3) is 5.56 Å². The van der Waals surface area contributed by atoms with Gasteiger partial charge in [0.15, 0.2) is 11.2 Å². The number of benzene rings is 1. The summed E-state index contributed by atoms with van der Waals surface area (Å²) in [7, 11) is 2.90. The molecule has 2 aromatic heterocycles. The van der Waals surface area contributed by atoms with Crippen molar-refractivity contribution in [3.05, 3.63) is 55.9 Å². The highest BCUT2D eigenvalue weighted by Crippen LogP contribution is 2.17. The number of halogens is 1. The Bertz CT molecular complexity index is 1250. The second-order valence-corrected chi connectivity index (χ2v) is 7.04. The second-order valence-electron chi connectivity index (χ2n) is 6.13. The van der Waals surface area contributed by atoms with E-state index >= 15 is 0 Å². The van der Waals surface area contributed by atoms with Crippen molar-refractivity contribution in [3.63, 3.8) is 0 Å². The number of nitrogens with one attached hydrogen (secondary N) is 1. The summed E-state index contributed by atoms with van der Waals surface area (Å²) in [6, 6.07) is 7.41. The Morgan fingerprint density at radius 2 is 2.03 bits per heavy atom. The molecule has 0 unspecified atom stereocenters. The summed E-state index contributed by atoms with van der Waals surface area (Å²) >= 11 is 3.36. The van der Waals surface area contributed by atoms with Crippen molar-refractivity contribution in [1.29, 1.82) is 0 Å². The zero-order valence-electron chi connectivity index (χ0n) is 15.8. The van der Waals surface area contributed by atoms with Gasteiger partial charge >= 0.3 is 5.69 Å². The first-order chi connectivity index (χ1) is 13.9. The van der Waals surface area contributed by atoms with Crippen LogP contribution >= 0.6 is 15.9 Å². The Morgan fingerprint density at radius 3 is 2.79 bits per heavy atom. The number of carbonyl (C=O) groups is 1. The van der Waals surface area contributed by atoms with Crippen molar-refractivity contribution < 1.29 is 9.53 Å². The summed E-state index contributed by atoms with van der Waals surface area (Å²) in [5.74, 6) is 5.98. The quantitative estimate of drug-likeness (QED) is 0.556. The van der Waals surface area contributed by atoms with Gasteiger partial charge in [0.2, 0.25) is 5.91 Å². The third-order valence-electron chi connectivity index (χ3n) is 4.14. The monoisotopic (exact) mass is 459 g/mol. The molecular formula is C19H18BrN5O4. The van der Waals surface area contributed by atoms with E-state index in [0.29, 0.717) is 5.75 Å². The van der Waals surface area contributed by atoms with Crippen LogP contribution in [0.3, 0.4) is 0 Å². The van der Waals surface area contributed by atoms with Crippen molar-refractivity contribution in [2.24, 2.45) is 14.1 Å². The van der Waals surface area contributed by atoms with Gasteiger partial charge in [-0.25, -0.2) is 9.78 Å². The highest BCUT2D eigenvalue weighted by molar-refractivity contribution is 9.10. The Morgan fingerprint density at radius 1 is 1.24 bits per heavy atom. The fourth-order valence-corrected chi connectivity index (χ4v) is 3.04. The molecule has 3 rings (SSSR count). The van der Waals surface area contributed by atoms with Gasteiger partial charge in [-0.1, -0.05) is 33.8 Å². The molecule has 1 N–H and O–H groups in total. The molecule has 1 amide bonds. The molecule has 0 radical (unpaired) electrons. The average molecular weight is 460 g/mol. The van der Waals surface area contributed by atoms with Crippen LogP contribution < -0.4 is 21.3 Å². The summed E-state index contributed by atoms with van der Waals surface area (Å²) in [5, 5.41) is 2.65. The maximum Gasteiger partial charge on any atom is 0.332 e. The van der Waals surface area contributed by atoms with E-state index in [1.807, 2.05) is 24.3 Å². The minimum atomic E-state index is -0.502. The van der Waals surface area contributed by atoms with Gasteiger partial charge in [-0.15, -0.1) is 0 Å². The third-order valence-corrected chi connectivity index (χ3v) is 4.63. The molecule has 2 heterocycles. The van der Waals surface area contributed by atoms with Gasteiger partial charge in [-0.05, 0) is 18.2 Å². The first-order valence-electron chi connectivity index (χ1n) is 8.60. The molecule has 1 aromatic carbocycles. The minimum absolute atomic E-state index is 0.111. The number of nitrogens with zero attached hydrogens (tertiary/aromatic N) is 4.